The summed E-state index contributed by atoms with van der Waals surface area (Å²) >= 11 is 3.56. The van der Waals surface area contributed by atoms with Crippen LogP contribution in [0.4, 0.5) is 0 Å². The van der Waals surface area contributed by atoms with E-state index in [9.17, 15) is 4.79 Å². The van der Waals surface area contributed by atoms with Crippen molar-refractivity contribution in [3.05, 3.63) is 44.3 Å². The summed E-state index contributed by atoms with van der Waals surface area (Å²) in [4.78, 5) is 15.1. The van der Waals surface area contributed by atoms with Crippen LogP contribution in [0.25, 0.3) is 0 Å². The Kier molecular flexibility index (Phi) is 3.62. The average Bonchev–Trinajstić information content (AvgIpc) is 3.05. The number of Topliss-reactive ketones (excluding diaryl/α,β-unsaturated/α-hetero) is 1. The van der Waals surface area contributed by atoms with Gasteiger partial charge in [-0.15, -0.1) is 22.7 Å². The van der Waals surface area contributed by atoms with Crippen LogP contribution in [0.1, 0.15) is 40.5 Å². The molecule has 0 aromatic carbocycles. The van der Waals surface area contributed by atoms with Gasteiger partial charge in [0, 0.05) is 22.1 Å². The molecule has 2 heterocycles. The lowest BCUT2D eigenvalue weighted by Crippen LogP contribution is -2.17. The van der Waals surface area contributed by atoms with Crippen molar-refractivity contribution >= 4 is 28.5 Å². The molecule has 94 valence electrons. The van der Waals surface area contributed by atoms with Crippen LogP contribution in [0.15, 0.2) is 29.0 Å². The van der Waals surface area contributed by atoms with Crippen LogP contribution in [-0.2, 0) is 17.6 Å². The van der Waals surface area contributed by atoms with Crippen LogP contribution in [0.5, 0.6) is 0 Å². The molecule has 0 aliphatic heterocycles. The Morgan fingerprint density at radius 3 is 3.06 bits per heavy atom. The Morgan fingerprint density at radius 2 is 2.22 bits per heavy atom. The first-order chi connectivity index (χ1) is 8.84. The van der Waals surface area contributed by atoms with Crippen LogP contribution >= 0.6 is 22.7 Å². The maximum Gasteiger partial charge on any atom is 0.140 e. The molecule has 3 rings (SSSR count). The van der Waals surface area contributed by atoms with Crippen molar-refractivity contribution in [2.75, 3.05) is 0 Å². The fourth-order valence-corrected chi connectivity index (χ4v) is 4.39. The molecular formula is C15H16OS2. The molecule has 0 saturated heterocycles. The van der Waals surface area contributed by atoms with Gasteiger partial charge in [-0.05, 0) is 54.1 Å². The van der Waals surface area contributed by atoms with Crippen molar-refractivity contribution in [2.45, 2.75) is 38.0 Å². The van der Waals surface area contributed by atoms with E-state index in [1.54, 1.807) is 11.3 Å². The number of carbonyl (C=O) groups excluding carboxylic acids is 1. The van der Waals surface area contributed by atoms with E-state index in [4.69, 9.17) is 0 Å². The molecule has 18 heavy (non-hydrogen) atoms. The summed E-state index contributed by atoms with van der Waals surface area (Å²) in [6, 6.07) is 6.34. The van der Waals surface area contributed by atoms with E-state index >= 15 is 0 Å². The van der Waals surface area contributed by atoms with Crippen molar-refractivity contribution in [1.29, 1.82) is 0 Å². The lowest BCUT2D eigenvalue weighted by Gasteiger charge is -2.21. The van der Waals surface area contributed by atoms with E-state index in [2.05, 4.69) is 29.0 Å². The topological polar surface area (TPSA) is 17.1 Å². The van der Waals surface area contributed by atoms with E-state index in [-0.39, 0.29) is 5.92 Å². The molecular weight excluding hydrogens is 260 g/mol. The highest BCUT2D eigenvalue weighted by Gasteiger charge is 2.26. The highest BCUT2D eigenvalue weighted by molar-refractivity contribution is 7.10. The van der Waals surface area contributed by atoms with Gasteiger partial charge < -0.3 is 0 Å². The summed E-state index contributed by atoms with van der Waals surface area (Å²) in [5.74, 6) is 0.614. The number of hydrogen-bond acceptors (Lipinski definition) is 3. The zero-order chi connectivity index (χ0) is 12.4. The maximum atomic E-state index is 12.4. The average molecular weight is 276 g/mol. The van der Waals surface area contributed by atoms with Crippen LogP contribution < -0.4 is 0 Å². The second-order valence-electron chi connectivity index (χ2n) is 4.79. The number of hydrogen-bond donors (Lipinski definition) is 0. The van der Waals surface area contributed by atoms with Crippen LogP contribution in [0.2, 0.25) is 0 Å². The minimum atomic E-state index is 0.181. The number of rotatable bonds is 4. The van der Waals surface area contributed by atoms with E-state index < -0.39 is 0 Å². The standard InChI is InChI=1S/C15H16OS2/c16-14(7-6-11-3-2-9-17-11)12-4-1-5-15-13(12)8-10-18-15/h2-3,8-10,12H,1,4-7H2. The fraction of sp³-hybridized carbons (Fsp3) is 0.400. The fourth-order valence-electron chi connectivity index (χ4n) is 2.70. The van der Waals surface area contributed by atoms with E-state index in [1.807, 2.05) is 11.3 Å². The number of carbonyl (C=O) groups is 1. The molecule has 2 aromatic rings. The second kappa shape index (κ2) is 5.37. The molecule has 0 saturated carbocycles. The Labute approximate surface area is 115 Å². The minimum Gasteiger partial charge on any atom is -0.299 e. The summed E-state index contributed by atoms with van der Waals surface area (Å²) in [5.41, 5.74) is 1.32. The monoisotopic (exact) mass is 276 g/mol. The second-order valence-corrected chi connectivity index (χ2v) is 6.82. The smallest absolute Gasteiger partial charge is 0.140 e. The zero-order valence-electron chi connectivity index (χ0n) is 10.2. The first-order valence-corrected chi connectivity index (χ1v) is 8.22. The summed E-state index contributed by atoms with van der Waals surface area (Å²) < 4.78 is 0. The largest absolute Gasteiger partial charge is 0.299 e. The molecule has 0 N–H and O–H groups in total. The zero-order valence-corrected chi connectivity index (χ0v) is 11.9. The molecule has 0 radical (unpaired) electrons. The summed E-state index contributed by atoms with van der Waals surface area (Å²) in [6.45, 7) is 0. The predicted octanol–water partition coefficient (Wildman–Crippen LogP) is 4.43. The van der Waals surface area contributed by atoms with Gasteiger partial charge in [0.25, 0.3) is 0 Å². The van der Waals surface area contributed by atoms with Gasteiger partial charge in [0.1, 0.15) is 5.78 Å². The molecule has 1 nitrogen and oxygen atoms in total. The molecule has 1 aliphatic carbocycles. The first-order valence-electron chi connectivity index (χ1n) is 6.46. The molecule has 0 spiro atoms. The van der Waals surface area contributed by atoms with E-state index in [0.717, 1.165) is 12.8 Å². The number of thiophene rings is 2. The van der Waals surface area contributed by atoms with Crippen molar-refractivity contribution in [1.82, 2.24) is 0 Å². The Bertz CT molecular complexity index is 524. The first kappa shape index (κ1) is 12.1. The van der Waals surface area contributed by atoms with Gasteiger partial charge >= 0.3 is 0 Å². The van der Waals surface area contributed by atoms with Gasteiger partial charge in [-0.3, -0.25) is 4.79 Å². The minimum absolute atomic E-state index is 0.181. The molecule has 0 amide bonds. The molecule has 0 bridgehead atoms. The predicted molar refractivity (Wildman–Crippen MR) is 77.6 cm³/mol. The summed E-state index contributed by atoms with van der Waals surface area (Å²) in [5, 5.41) is 4.22. The number of aryl methyl sites for hydroxylation is 2. The lowest BCUT2D eigenvalue weighted by molar-refractivity contribution is -0.120. The van der Waals surface area contributed by atoms with E-state index in [1.165, 1.54) is 28.2 Å². The third-order valence-electron chi connectivity index (χ3n) is 3.64. The van der Waals surface area contributed by atoms with Crippen LogP contribution in [0, 0.1) is 0 Å². The molecule has 1 atom stereocenters. The van der Waals surface area contributed by atoms with Crippen molar-refractivity contribution < 1.29 is 4.79 Å². The van der Waals surface area contributed by atoms with Gasteiger partial charge in [-0.2, -0.15) is 0 Å². The molecule has 1 unspecified atom stereocenters. The highest BCUT2D eigenvalue weighted by atomic mass is 32.1. The van der Waals surface area contributed by atoms with Crippen LogP contribution in [0.3, 0.4) is 0 Å². The Morgan fingerprint density at radius 1 is 1.28 bits per heavy atom. The molecule has 0 fully saturated rings. The van der Waals surface area contributed by atoms with Gasteiger partial charge in [0.05, 0.1) is 0 Å². The highest BCUT2D eigenvalue weighted by Crippen LogP contribution is 2.36. The van der Waals surface area contributed by atoms with Gasteiger partial charge in [0.2, 0.25) is 0 Å². The van der Waals surface area contributed by atoms with Crippen molar-refractivity contribution in [2.24, 2.45) is 0 Å². The van der Waals surface area contributed by atoms with Gasteiger partial charge in [-0.25, -0.2) is 0 Å². The third-order valence-corrected chi connectivity index (χ3v) is 5.57. The molecule has 1 aliphatic rings. The van der Waals surface area contributed by atoms with Crippen molar-refractivity contribution in [3.63, 3.8) is 0 Å². The Hall–Kier alpha value is -0.930. The summed E-state index contributed by atoms with van der Waals surface area (Å²) in [6.07, 6.45) is 4.99. The number of fused-ring (bicyclic) bond motifs is 1. The van der Waals surface area contributed by atoms with Gasteiger partial charge in [-0.1, -0.05) is 6.07 Å². The third kappa shape index (κ3) is 2.43. The number of ketones is 1. The van der Waals surface area contributed by atoms with E-state index in [0.29, 0.717) is 12.2 Å². The quantitative estimate of drug-likeness (QED) is 0.807. The maximum absolute atomic E-state index is 12.4. The lowest BCUT2D eigenvalue weighted by atomic mass is 9.83. The van der Waals surface area contributed by atoms with Crippen molar-refractivity contribution in [3.8, 4) is 0 Å². The Balaban J connectivity index is 1.67. The summed E-state index contributed by atoms with van der Waals surface area (Å²) in [7, 11) is 0. The van der Waals surface area contributed by atoms with Crippen LogP contribution in [-0.4, -0.2) is 5.78 Å². The molecule has 3 heteroatoms. The van der Waals surface area contributed by atoms with Gasteiger partial charge in [0.15, 0.2) is 0 Å². The molecule has 2 aromatic heterocycles. The normalized spacial score (nSPS) is 18.6. The SMILES string of the molecule is O=C(CCc1cccs1)C1CCCc2sccc21.